The molecule has 3 aromatic rings. The minimum absolute atomic E-state index is 0.198. The highest BCUT2D eigenvalue weighted by Gasteiger charge is 2.47. The quantitative estimate of drug-likeness (QED) is 0.351. The number of fused-ring (bicyclic) bond motifs is 1. The summed E-state index contributed by atoms with van der Waals surface area (Å²) in [5.74, 6) is 0.188. The number of benzene rings is 3. The van der Waals surface area contributed by atoms with Crippen LogP contribution in [0.2, 0.25) is 0 Å². The van der Waals surface area contributed by atoms with Crippen molar-refractivity contribution in [3.63, 3.8) is 0 Å². The molecule has 0 bridgehead atoms. The van der Waals surface area contributed by atoms with Crippen molar-refractivity contribution in [3.8, 4) is 17.2 Å². The Hall–Kier alpha value is -4.21. The average molecular weight is 556 g/mol. The average Bonchev–Trinajstić information content (AvgIpc) is 2.91. The number of nitrogens with one attached hydrogen (secondary N) is 1. The number of carbonyl (C=O) groups is 2. The van der Waals surface area contributed by atoms with E-state index in [0.29, 0.717) is 41.9 Å². The fourth-order valence-corrected chi connectivity index (χ4v) is 5.32. The van der Waals surface area contributed by atoms with Crippen molar-refractivity contribution in [2.24, 2.45) is 0 Å². The van der Waals surface area contributed by atoms with Gasteiger partial charge < -0.3 is 24.3 Å². The van der Waals surface area contributed by atoms with Crippen LogP contribution in [0.3, 0.4) is 0 Å². The minimum Gasteiger partial charge on any atom is -0.497 e. The molecule has 2 atom stereocenters. The SMILES string of the molecule is COC(=O)c1ccc([C@H]2C[C@@H](NC(=O)C3(c4ccc(OC(F)(F)F)cc4)CCC3)c3ccc(OC)cc3O2)cc1. The van der Waals surface area contributed by atoms with Crippen LogP contribution in [-0.2, 0) is 14.9 Å². The molecule has 1 amide bonds. The Morgan fingerprint density at radius 2 is 1.62 bits per heavy atom. The number of ether oxygens (including phenoxy) is 4. The van der Waals surface area contributed by atoms with Gasteiger partial charge in [0.2, 0.25) is 5.91 Å². The Balaban J connectivity index is 1.41. The highest BCUT2D eigenvalue weighted by atomic mass is 19.4. The standard InChI is InChI=1S/C30H28F3NO6/c1-37-22-12-13-23-24(17-25(39-26(23)16-22)18-4-6-19(7-5-18)27(35)38-2)34-28(36)29(14-3-15-29)20-8-10-21(11-9-20)40-30(31,32)33/h4-13,16,24-25H,3,14-15,17H2,1-2H3,(H,34,36)/t24-,25-/m1/s1. The molecule has 1 aliphatic heterocycles. The van der Waals surface area contributed by atoms with Gasteiger partial charge in [0.1, 0.15) is 23.4 Å². The molecular weight excluding hydrogens is 527 g/mol. The number of rotatable bonds is 7. The first-order valence-electron chi connectivity index (χ1n) is 12.8. The van der Waals surface area contributed by atoms with E-state index in [2.05, 4.69) is 10.1 Å². The predicted molar refractivity (Wildman–Crippen MR) is 138 cm³/mol. The lowest BCUT2D eigenvalue weighted by Crippen LogP contribution is -2.50. The summed E-state index contributed by atoms with van der Waals surface area (Å²) >= 11 is 0. The summed E-state index contributed by atoms with van der Waals surface area (Å²) in [6, 6.07) is 17.4. The third-order valence-corrected chi connectivity index (χ3v) is 7.61. The van der Waals surface area contributed by atoms with E-state index in [-0.39, 0.29) is 11.7 Å². The Bertz CT molecular complexity index is 1380. The lowest BCUT2D eigenvalue weighted by atomic mass is 9.63. The first-order chi connectivity index (χ1) is 19.1. The monoisotopic (exact) mass is 555 g/mol. The van der Waals surface area contributed by atoms with Crippen LogP contribution in [0.15, 0.2) is 66.7 Å². The third-order valence-electron chi connectivity index (χ3n) is 7.61. The number of methoxy groups -OCH3 is 2. The van der Waals surface area contributed by atoms with Crippen LogP contribution in [0.25, 0.3) is 0 Å². The van der Waals surface area contributed by atoms with Gasteiger partial charge in [-0.15, -0.1) is 13.2 Å². The van der Waals surface area contributed by atoms with Crippen LogP contribution in [0, 0.1) is 0 Å². The summed E-state index contributed by atoms with van der Waals surface area (Å²) in [6.45, 7) is 0. The van der Waals surface area contributed by atoms with Gasteiger partial charge >= 0.3 is 12.3 Å². The van der Waals surface area contributed by atoms with Gasteiger partial charge in [-0.1, -0.05) is 30.7 Å². The van der Waals surface area contributed by atoms with Crippen LogP contribution in [0.4, 0.5) is 13.2 Å². The number of carbonyl (C=O) groups excluding carboxylic acids is 2. The summed E-state index contributed by atoms with van der Waals surface area (Å²) in [5.41, 5.74) is 1.81. The molecule has 3 aromatic carbocycles. The number of alkyl halides is 3. The van der Waals surface area contributed by atoms with Gasteiger partial charge in [0, 0.05) is 18.1 Å². The maximum absolute atomic E-state index is 13.8. The van der Waals surface area contributed by atoms with Crippen molar-refractivity contribution >= 4 is 11.9 Å². The molecule has 1 saturated carbocycles. The van der Waals surface area contributed by atoms with Gasteiger partial charge in [0.25, 0.3) is 0 Å². The molecular formula is C30H28F3NO6. The topological polar surface area (TPSA) is 83.1 Å². The summed E-state index contributed by atoms with van der Waals surface area (Å²) in [5, 5.41) is 3.20. The van der Waals surface area contributed by atoms with Gasteiger partial charge in [-0.2, -0.15) is 0 Å². The second-order valence-electron chi connectivity index (χ2n) is 9.89. The molecule has 0 spiro atoms. The molecule has 40 heavy (non-hydrogen) atoms. The van der Waals surface area contributed by atoms with E-state index < -0.39 is 29.9 Å². The maximum atomic E-state index is 13.8. The van der Waals surface area contributed by atoms with Crippen LogP contribution in [0.1, 0.15) is 64.9 Å². The minimum atomic E-state index is -4.79. The number of esters is 1. The van der Waals surface area contributed by atoms with E-state index in [9.17, 15) is 22.8 Å². The van der Waals surface area contributed by atoms with E-state index in [0.717, 1.165) is 17.5 Å². The fourth-order valence-electron chi connectivity index (χ4n) is 5.32. The van der Waals surface area contributed by atoms with E-state index in [1.54, 1.807) is 43.5 Å². The maximum Gasteiger partial charge on any atom is 0.573 e. The molecule has 10 heteroatoms. The van der Waals surface area contributed by atoms with Crippen molar-refractivity contribution in [1.82, 2.24) is 5.32 Å². The Morgan fingerprint density at radius 1 is 0.950 bits per heavy atom. The molecule has 210 valence electrons. The molecule has 1 aliphatic carbocycles. The molecule has 0 saturated heterocycles. The van der Waals surface area contributed by atoms with E-state index in [1.165, 1.54) is 31.4 Å². The second kappa shape index (κ2) is 10.7. The predicted octanol–water partition coefficient (Wildman–Crippen LogP) is 6.18. The molecule has 1 heterocycles. The number of hydrogen-bond acceptors (Lipinski definition) is 6. The van der Waals surface area contributed by atoms with Crippen molar-refractivity contribution in [3.05, 3.63) is 89.0 Å². The van der Waals surface area contributed by atoms with Gasteiger partial charge in [0.05, 0.1) is 31.2 Å². The lowest BCUT2D eigenvalue weighted by molar-refractivity contribution is -0.274. The number of amides is 1. The van der Waals surface area contributed by atoms with Gasteiger partial charge in [0.15, 0.2) is 0 Å². The summed E-state index contributed by atoms with van der Waals surface area (Å²) in [4.78, 5) is 25.7. The summed E-state index contributed by atoms with van der Waals surface area (Å²) in [6.07, 6.45) is -2.80. The van der Waals surface area contributed by atoms with E-state index in [4.69, 9.17) is 14.2 Å². The van der Waals surface area contributed by atoms with Gasteiger partial charge in [-0.25, -0.2) is 4.79 Å². The largest absolute Gasteiger partial charge is 0.573 e. The Morgan fingerprint density at radius 3 is 2.20 bits per heavy atom. The normalized spacial score (nSPS) is 19.3. The molecule has 0 radical (unpaired) electrons. The molecule has 1 N–H and O–H groups in total. The summed E-state index contributed by atoms with van der Waals surface area (Å²) < 4.78 is 58.3. The lowest BCUT2D eigenvalue weighted by Gasteiger charge is -2.43. The highest BCUT2D eigenvalue weighted by molar-refractivity contribution is 5.90. The smallest absolute Gasteiger partial charge is 0.497 e. The van der Waals surface area contributed by atoms with Crippen LogP contribution >= 0.6 is 0 Å². The van der Waals surface area contributed by atoms with Crippen LogP contribution in [-0.4, -0.2) is 32.5 Å². The molecule has 2 aliphatic rings. The molecule has 0 unspecified atom stereocenters. The zero-order valence-electron chi connectivity index (χ0n) is 21.9. The van der Waals surface area contributed by atoms with Gasteiger partial charge in [-0.05, 0) is 60.4 Å². The zero-order valence-corrected chi connectivity index (χ0v) is 21.9. The third kappa shape index (κ3) is 5.43. The van der Waals surface area contributed by atoms with Crippen molar-refractivity contribution in [2.75, 3.05) is 14.2 Å². The zero-order chi connectivity index (χ0) is 28.5. The van der Waals surface area contributed by atoms with Crippen LogP contribution in [0.5, 0.6) is 17.2 Å². The van der Waals surface area contributed by atoms with E-state index >= 15 is 0 Å². The van der Waals surface area contributed by atoms with E-state index in [1.807, 2.05) is 6.07 Å². The summed E-state index contributed by atoms with van der Waals surface area (Å²) in [7, 11) is 2.87. The molecule has 1 fully saturated rings. The van der Waals surface area contributed by atoms with Crippen molar-refractivity contribution < 1.29 is 41.7 Å². The van der Waals surface area contributed by atoms with Crippen LogP contribution < -0.4 is 19.5 Å². The number of halogens is 3. The number of hydrogen-bond donors (Lipinski definition) is 1. The second-order valence-corrected chi connectivity index (χ2v) is 9.89. The fraction of sp³-hybridized carbons (Fsp3) is 0.333. The molecule has 7 nitrogen and oxygen atoms in total. The highest BCUT2D eigenvalue weighted by Crippen LogP contribution is 2.47. The van der Waals surface area contributed by atoms with Crippen molar-refractivity contribution in [2.45, 2.75) is 49.6 Å². The molecule has 0 aromatic heterocycles. The first kappa shape index (κ1) is 27.4. The van der Waals surface area contributed by atoms with Gasteiger partial charge in [-0.3, -0.25) is 4.79 Å². The Labute approximate surface area is 229 Å². The van der Waals surface area contributed by atoms with Crippen molar-refractivity contribution in [1.29, 1.82) is 0 Å². The molecule has 5 rings (SSSR count). The first-order valence-corrected chi connectivity index (χ1v) is 12.8. The Kier molecular flexibility index (Phi) is 7.35.